The zero-order chi connectivity index (χ0) is 13.8. The van der Waals surface area contributed by atoms with Crippen molar-refractivity contribution in [2.45, 2.75) is 13.0 Å². The first-order chi connectivity index (χ1) is 9.84. The molecule has 0 radical (unpaired) electrons. The fourth-order valence-electron chi connectivity index (χ4n) is 2.12. The monoisotopic (exact) mass is 264 g/mol. The predicted octanol–water partition coefficient (Wildman–Crippen LogP) is 3.44. The molecule has 4 heteroatoms. The van der Waals surface area contributed by atoms with E-state index in [9.17, 15) is 0 Å². The van der Waals surface area contributed by atoms with Crippen LogP contribution in [0.2, 0.25) is 0 Å². The summed E-state index contributed by atoms with van der Waals surface area (Å²) in [6, 6.07) is 14.3. The fourth-order valence-corrected chi connectivity index (χ4v) is 2.12. The van der Waals surface area contributed by atoms with Crippen molar-refractivity contribution >= 4 is 5.95 Å². The average Bonchev–Trinajstić information content (AvgIpc) is 2.97. The number of hydrogen-bond donors (Lipinski definition) is 1. The third-order valence-electron chi connectivity index (χ3n) is 3.21. The maximum absolute atomic E-state index is 4.39. The molecule has 0 amide bonds. The van der Waals surface area contributed by atoms with Crippen molar-refractivity contribution in [3.8, 4) is 5.69 Å². The minimum Gasteiger partial charge on any atom is -0.349 e. The molecule has 0 saturated heterocycles. The van der Waals surface area contributed by atoms with Crippen molar-refractivity contribution < 1.29 is 0 Å². The lowest BCUT2D eigenvalue weighted by atomic mass is 10.1. The number of para-hydroxylation sites is 1. The summed E-state index contributed by atoms with van der Waals surface area (Å²) in [5, 5.41) is 3.42. The summed E-state index contributed by atoms with van der Waals surface area (Å²) in [4.78, 5) is 8.54. The molecule has 0 aliphatic heterocycles. The van der Waals surface area contributed by atoms with Gasteiger partial charge in [0.05, 0.1) is 6.04 Å². The van der Waals surface area contributed by atoms with E-state index in [1.165, 1.54) is 0 Å². The first-order valence-corrected chi connectivity index (χ1v) is 6.60. The molecule has 0 fully saturated rings. The molecule has 0 bridgehead atoms. The number of nitrogens with one attached hydrogen (secondary N) is 1. The molecule has 1 unspecified atom stereocenters. The van der Waals surface area contributed by atoms with Gasteiger partial charge in [-0.25, -0.2) is 4.98 Å². The second kappa shape index (κ2) is 5.57. The van der Waals surface area contributed by atoms with E-state index in [2.05, 4.69) is 40.4 Å². The van der Waals surface area contributed by atoms with Crippen LogP contribution < -0.4 is 5.32 Å². The number of hydrogen-bond acceptors (Lipinski definition) is 3. The molecule has 2 aromatic heterocycles. The highest BCUT2D eigenvalue weighted by molar-refractivity contribution is 5.42. The van der Waals surface area contributed by atoms with Gasteiger partial charge in [0.2, 0.25) is 5.95 Å². The fraction of sp³-hybridized carbons (Fsp3) is 0.125. The van der Waals surface area contributed by atoms with Crippen molar-refractivity contribution in [3.63, 3.8) is 0 Å². The first-order valence-electron chi connectivity index (χ1n) is 6.60. The normalized spacial score (nSPS) is 12.1. The van der Waals surface area contributed by atoms with Gasteiger partial charge in [-0.3, -0.25) is 9.55 Å². The molecule has 20 heavy (non-hydrogen) atoms. The Morgan fingerprint density at radius 2 is 1.90 bits per heavy atom. The van der Waals surface area contributed by atoms with Gasteiger partial charge in [0.1, 0.15) is 0 Å². The standard InChI is InChI=1S/C16H16N4/c1-13(14-6-5-9-17-12-14)19-16-18-10-11-20(16)15-7-3-2-4-8-15/h2-13H,1H3,(H,18,19). The van der Waals surface area contributed by atoms with Crippen LogP contribution in [-0.4, -0.2) is 14.5 Å². The molecule has 1 atom stereocenters. The molecular weight excluding hydrogens is 248 g/mol. The van der Waals surface area contributed by atoms with E-state index < -0.39 is 0 Å². The molecule has 2 heterocycles. The molecule has 3 aromatic rings. The Balaban J connectivity index is 1.84. The van der Waals surface area contributed by atoms with Gasteiger partial charge in [-0.2, -0.15) is 0 Å². The van der Waals surface area contributed by atoms with E-state index in [0.717, 1.165) is 17.2 Å². The van der Waals surface area contributed by atoms with Gasteiger partial charge in [-0.05, 0) is 30.7 Å². The van der Waals surface area contributed by atoms with Crippen LogP contribution in [0.3, 0.4) is 0 Å². The predicted molar refractivity (Wildman–Crippen MR) is 79.8 cm³/mol. The Hall–Kier alpha value is -2.62. The number of anilines is 1. The van der Waals surface area contributed by atoms with Crippen LogP contribution >= 0.6 is 0 Å². The topological polar surface area (TPSA) is 42.7 Å². The lowest BCUT2D eigenvalue weighted by Gasteiger charge is -2.16. The van der Waals surface area contributed by atoms with Crippen molar-refractivity contribution in [2.75, 3.05) is 5.32 Å². The van der Waals surface area contributed by atoms with E-state index in [0.29, 0.717) is 0 Å². The van der Waals surface area contributed by atoms with Gasteiger partial charge in [0.15, 0.2) is 0 Å². The number of nitrogens with zero attached hydrogens (tertiary/aromatic N) is 3. The average molecular weight is 264 g/mol. The summed E-state index contributed by atoms with van der Waals surface area (Å²) in [5.41, 5.74) is 2.22. The minimum atomic E-state index is 0.147. The van der Waals surface area contributed by atoms with Crippen molar-refractivity contribution in [1.82, 2.24) is 14.5 Å². The number of imidazole rings is 1. The first kappa shape index (κ1) is 12.4. The van der Waals surface area contributed by atoms with E-state index >= 15 is 0 Å². The highest BCUT2D eigenvalue weighted by Crippen LogP contribution is 2.20. The highest BCUT2D eigenvalue weighted by Gasteiger charge is 2.09. The van der Waals surface area contributed by atoms with Crippen LogP contribution in [0.25, 0.3) is 5.69 Å². The van der Waals surface area contributed by atoms with Gasteiger partial charge in [-0.1, -0.05) is 24.3 Å². The molecule has 100 valence electrons. The quantitative estimate of drug-likeness (QED) is 0.785. The van der Waals surface area contributed by atoms with E-state index in [4.69, 9.17) is 0 Å². The lowest BCUT2D eigenvalue weighted by molar-refractivity contribution is 0.844. The van der Waals surface area contributed by atoms with E-state index in [-0.39, 0.29) is 6.04 Å². The SMILES string of the molecule is CC(Nc1nccn1-c1ccccc1)c1cccnc1. The van der Waals surface area contributed by atoms with Crippen LogP contribution in [0, 0.1) is 0 Å². The van der Waals surface area contributed by atoms with Gasteiger partial charge in [-0.15, -0.1) is 0 Å². The van der Waals surface area contributed by atoms with Gasteiger partial charge < -0.3 is 5.32 Å². The van der Waals surface area contributed by atoms with E-state index in [1.807, 2.05) is 41.2 Å². The number of pyridine rings is 1. The van der Waals surface area contributed by atoms with Crippen molar-refractivity contribution in [2.24, 2.45) is 0 Å². The van der Waals surface area contributed by atoms with Crippen molar-refractivity contribution in [1.29, 1.82) is 0 Å². The second-order valence-electron chi connectivity index (χ2n) is 4.61. The molecule has 0 saturated carbocycles. The molecule has 0 spiro atoms. The highest BCUT2D eigenvalue weighted by atomic mass is 15.2. The summed E-state index contributed by atoms with van der Waals surface area (Å²) in [6.07, 6.45) is 7.40. The van der Waals surface area contributed by atoms with Crippen LogP contribution in [0.4, 0.5) is 5.95 Å². The second-order valence-corrected chi connectivity index (χ2v) is 4.61. The number of benzene rings is 1. The van der Waals surface area contributed by atoms with Gasteiger partial charge >= 0.3 is 0 Å². The summed E-state index contributed by atoms with van der Waals surface area (Å²) < 4.78 is 2.03. The van der Waals surface area contributed by atoms with Crippen LogP contribution in [0.15, 0.2) is 67.3 Å². The molecule has 0 aliphatic carbocycles. The van der Waals surface area contributed by atoms with Crippen LogP contribution in [0.1, 0.15) is 18.5 Å². The minimum absolute atomic E-state index is 0.147. The Kier molecular flexibility index (Phi) is 3.46. The van der Waals surface area contributed by atoms with Crippen LogP contribution in [-0.2, 0) is 0 Å². The van der Waals surface area contributed by atoms with Gasteiger partial charge in [0, 0.05) is 30.5 Å². The maximum Gasteiger partial charge on any atom is 0.207 e. The Bertz CT molecular complexity index is 661. The molecule has 1 N–H and O–H groups in total. The van der Waals surface area contributed by atoms with Crippen molar-refractivity contribution in [3.05, 3.63) is 72.8 Å². The largest absolute Gasteiger partial charge is 0.349 e. The Labute approximate surface area is 118 Å². The lowest BCUT2D eigenvalue weighted by Crippen LogP contribution is -2.11. The summed E-state index contributed by atoms with van der Waals surface area (Å²) in [7, 11) is 0. The molecule has 4 nitrogen and oxygen atoms in total. The zero-order valence-electron chi connectivity index (χ0n) is 11.3. The Morgan fingerprint density at radius 1 is 1.05 bits per heavy atom. The molecule has 3 rings (SSSR count). The smallest absolute Gasteiger partial charge is 0.207 e. The number of rotatable bonds is 4. The maximum atomic E-state index is 4.39. The number of aromatic nitrogens is 3. The molecule has 1 aromatic carbocycles. The molecular formula is C16H16N4. The zero-order valence-corrected chi connectivity index (χ0v) is 11.3. The molecule has 0 aliphatic rings. The Morgan fingerprint density at radius 3 is 2.65 bits per heavy atom. The third kappa shape index (κ3) is 2.54. The summed E-state index contributed by atoms with van der Waals surface area (Å²) in [5.74, 6) is 0.826. The van der Waals surface area contributed by atoms with Gasteiger partial charge in [0.25, 0.3) is 0 Å². The summed E-state index contributed by atoms with van der Waals surface area (Å²) in [6.45, 7) is 2.10. The van der Waals surface area contributed by atoms with Crippen LogP contribution in [0.5, 0.6) is 0 Å². The summed E-state index contributed by atoms with van der Waals surface area (Å²) >= 11 is 0. The third-order valence-corrected chi connectivity index (χ3v) is 3.21. The van der Waals surface area contributed by atoms with E-state index in [1.54, 1.807) is 12.4 Å².